The number of hydrogen-bond acceptors (Lipinski definition) is 6. The maximum atomic E-state index is 13.2. The Bertz CT molecular complexity index is 1390. The molecule has 0 saturated carbocycles. The number of para-hydroxylation sites is 2. The van der Waals surface area contributed by atoms with Crippen molar-refractivity contribution in [2.75, 3.05) is 17.1 Å². The van der Waals surface area contributed by atoms with E-state index in [0.29, 0.717) is 11.4 Å². The van der Waals surface area contributed by atoms with Crippen LogP contribution in [0.1, 0.15) is 29.5 Å². The molecule has 0 bridgehead atoms. The van der Waals surface area contributed by atoms with Crippen molar-refractivity contribution in [2.24, 2.45) is 5.92 Å². The Kier molecular flexibility index (Phi) is 5.49. The van der Waals surface area contributed by atoms with Gasteiger partial charge in [0.25, 0.3) is 15.7 Å². The van der Waals surface area contributed by atoms with E-state index in [1.807, 2.05) is 0 Å². The fraction of sp³-hybridized carbons (Fsp3) is 0.200. The molecule has 0 spiro atoms. The molecule has 5 rings (SSSR count). The highest BCUT2D eigenvalue weighted by Crippen LogP contribution is 2.50. The van der Waals surface area contributed by atoms with Crippen LogP contribution in [0.25, 0.3) is 0 Å². The summed E-state index contributed by atoms with van der Waals surface area (Å²) in [6, 6.07) is 18.5. The van der Waals surface area contributed by atoms with Gasteiger partial charge in [0.05, 0.1) is 28.7 Å². The summed E-state index contributed by atoms with van der Waals surface area (Å²) in [5.41, 5.74) is 3.16. The van der Waals surface area contributed by atoms with E-state index in [2.05, 4.69) is 22.2 Å². The van der Waals surface area contributed by atoms with E-state index in [1.54, 1.807) is 54.6 Å². The highest BCUT2D eigenvalue weighted by molar-refractivity contribution is 7.92. The quantitative estimate of drug-likeness (QED) is 0.286. The lowest BCUT2D eigenvalue weighted by molar-refractivity contribution is -0.384. The SMILES string of the molecule is COc1ccccc1NS(=O)(=O)c1ccc2c(c1)[C@H]1C=CC[C@H]1[C@@H](c1ccc([N+](=O)[O-])cc1)N2. The van der Waals surface area contributed by atoms with Gasteiger partial charge >= 0.3 is 0 Å². The minimum atomic E-state index is -3.83. The Hall–Kier alpha value is -3.85. The summed E-state index contributed by atoms with van der Waals surface area (Å²) < 4.78 is 34.2. The highest BCUT2D eigenvalue weighted by Gasteiger charge is 2.38. The number of rotatable bonds is 6. The first-order valence-corrected chi connectivity index (χ1v) is 12.3. The molecule has 8 nitrogen and oxygen atoms in total. The van der Waals surface area contributed by atoms with Gasteiger partial charge in [0.1, 0.15) is 5.75 Å². The molecular formula is C25H23N3O5S. The molecule has 1 heterocycles. The van der Waals surface area contributed by atoms with E-state index < -0.39 is 14.9 Å². The Morgan fingerprint density at radius 3 is 2.59 bits per heavy atom. The van der Waals surface area contributed by atoms with Crippen LogP contribution in [0.15, 0.2) is 83.8 Å². The molecule has 0 unspecified atom stereocenters. The van der Waals surface area contributed by atoms with E-state index in [0.717, 1.165) is 23.2 Å². The smallest absolute Gasteiger partial charge is 0.269 e. The number of fused-ring (bicyclic) bond motifs is 3. The average Bonchev–Trinajstić information content (AvgIpc) is 3.34. The van der Waals surface area contributed by atoms with Gasteiger partial charge in [-0.15, -0.1) is 0 Å². The minimum absolute atomic E-state index is 0.0394. The Morgan fingerprint density at radius 2 is 1.85 bits per heavy atom. The number of nitro groups is 1. The van der Waals surface area contributed by atoms with Gasteiger partial charge in [0, 0.05) is 23.7 Å². The lowest BCUT2D eigenvalue weighted by Crippen LogP contribution is -2.29. The van der Waals surface area contributed by atoms with E-state index in [9.17, 15) is 18.5 Å². The Morgan fingerprint density at radius 1 is 1.09 bits per heavy atom. The molecule has 34 heavy (non-hydrogen) atoms. The second kappa shape index (κ2) is 8.49. The standard InChI is InChI=1S/C25H23N3O5S/c1-33-24-8-3-2-7-23(24)27-34(31,32)18-13-14-22-21(15-18)19-5-4-6-20(19)25(26-22)16-9-11-17(12-10-16)28(29)30/h2-5,7-15,19-20,25-27H,6H2,1H3/t19-,20+,25+/m0/s1. The minimum Gasteiger partial charge on any atom is -0.495 e. The molecular weight excluding hydrogens is 454 g/mol. The molecule has 3 aromatic rings. The van der Waals surface area contributed by atoms with Crippen molar-refractivity contribution in [1.82, 2.24) is 0 Å². The number of non-ortho nitro benzene ring substituents is 1. The zero-order chi connectivity index (χ0) is 23.9. The summed E-state index contributed by atoms with van der Waals surface area (Å²) in [5.74, 6) is 0.655. The molecule has 0 radical (unpaired) electrons. The van der Waals surface area contributed by atoms with Crippen LogP contribution >= 0.6 is 0 Å². The molecule has 0 amide bonds. The summed E-state index contributed by atoms with van der Waals surface area (Å²) in [4.78, 5) is 10.8. The molecule has 1 aliphatic carbocycles. The molecule has 3 atom stereocenters. The maximum Gasteiger partial charge on any atom is 0.269 e. The van der Waals surface area contributed by atoms with E-state index in [-0.39, 0.29) is 28.5 Å². The molecule has 0 saturated heterocycles. The van der Waals surface area contributed by atoms with Crippen molar-refractivity contribution < 1.29 is 18.1 Å². The van der Waals surface area contributed by atoms with E-state index >= 15 is 0 Å². The van der Waals surface area contributed by atoms with Crippen LogP contribution in [-0.4, -0.2) is 20.5 Å². The molecule has 2 aliphatic rings. The molecule has 0 fully saturated rings. The van der Waals surface area contributed by atoms with E-state index in [4.69, 9.17) is 4.74 Å². The number of nitro benzene ring substituents is 1. The van der Waals surface area contributed by atoms with Crippen LogP contribution in [0.3, 0.4) is 0 Å². The number of benzene rings is 3. The number of hydrogen-bond donors (Lipinski definition) is 2. The first-order chi connectivity index (χ1) is 16.4. The lowest BCUT2D eigenvalue weighted by atomic mass is 9.77. The number of nitrogens with one attached hydrogen (secondary N) is 2. The van der Waals surface area contributed by atoms with Crippen LogP contribution in [0.4, 0.5) is 17.1 Å². The molecule has 174 valence electrons. The summed E-state index contributed by atoms with van der Waals surface area (Å²) in [7, 11) is -2.34. The monoisotopic (exact) mass is 477 g/mol. The second-order valence-electron chi connectivity index (χ2n) is 8.38. The number of nitrogens with zero attached hydrogens (tertiary/aromatic N) is 1. The predicted molar refractivity (Wildman–Crippen MR) is 130 cm³/mol. The zero-order valence-corrected chi connectivity index (χ0v) is 19.2. The number of methoxy groups -OCH3 is 1. The first kappa shape index (κ1) is 22.0. The topological polar surface area (TPSA) is 111 Å². The third kappa shape index (κ3) is 3.88. The van der Waals surface area contributed by atoms with E-state index in [1.165, 1.54) is 19.2 Å². The van der Waals surface area contributed by atoms with Crippen molar-refractivity contribution in [3.05, 3.63) is 100 Å². The van der Waals surface area contributed by atoms with Crippen molar-refractivity contribution in [1.29, 1.82) is 0 Å². The molecule has 3 aromatic carbocycles. The van der Waals surface area contributed by atoms with Crippen LogP contribution in [0, 0.1) is 16.0 Å². The zero-order valence-electron chi connectivity index (χ0n) is 18.3. The molecule has 2 N–H and O–H groups in total. The number of allylic oxidation sites excluding steroid dienone is 2. The fourth-order valence-electron chi connectivity index (χ4n) is 4.81. The van der Waals surface area contributed by atoms with Crippen molar-refractivity contribution in [3.63, 3.8) is 0 Å². The molecule has 9 heteroatoms. The van der Waals surface area contributed by atoms with Gasteiger partial charge in [-0.1, -0.05) is 36.4 Å². The fourth-order valence-corrected chi connectivity index (χ4v) is 5.91. The third-order valence-corrected chi connectivity index (χ3v) is 7.82. The van der Waals surface area contributed by atoms with Crippen LogP contribution in [0.5, 0.6) is 5.75 Å². The number of sulfonamides is 1. The second-order valence-corrected chi connectivity index (χ2v) is 10.1. The third-order valence-electron chi connectivity index (χ3n) is 6.46. The largest absolute Gasteiger partial charge is 0.495 e. The first-order valence-electron chi connectivity index (χ1n) is 10.8. The van der Waals surface area contributed by atoms with Gasteiger partial charge in [-0.3, -0.25) is 14.8 Å². The van der Waals surface area contributed by atoms with Gasteiger partial charge in [-0.05, 0) is 53.8 Å². The number of ether oxygens (including phenoxy) is 1. The average molecular weight is 478 g/mol. The van der Waals surface area contributed by atoms with Gasteiger partial charge in [0.15, 0.2) is 0 Å². The normalized spacial score (nSPS) is 20.7. The predicted octanol–water partition coefficient (Wildman–Crippen LogP) is 5.23. The highest BCUT2D eigenvalue weighted by atomic mass is 32.2. The Labute approximate surface area is 197 Å². The van der Waals surface area contributed by atoms with Crippen molar-refractivity contribution in [2.45, 2.75) is 23.3 Å². The van der Waals surface area contributed by atoms with Crippen LogP contribution in [0.2, 0.25) is 0 Å². The Balaban J connectivity index is 1.47. The summed E-state index contributed by atoms with van der Waals surface area (Å²) in [6.07, 6.45) is 5.06. The van der Waals surface area contributed by atoms with Gasteiger partial charge in [0.2, 0.25) is 0 Å². The molecule has 0 aromatic heterocycles. The maximum absolute atomic E-state index is 13.2. The summed E-state index contributed by atoms with van der Waals surface area (Å²) in [6.45, 7) is 0. The van der Waals surface area contributed by atoms with Gasteiger partial charge in [-0.25, -0.2) is 8.42 Å². The van der Waals surface area contributed by atoms with Crippen molar-refractivity contribution in [3.8, 4) is 5.75 Å². The number of anilines is 2. The summed E-state index contributed by atoms with van der Waals surface area (Å²) in [5, 5.41) is 14.6. The molecule has 1 aliphatic heterocycles. The lowest BCUT2D eigenvalue weighted by Gasteiger charge is -2.37. The van der Waals surface area contributed by atoms with Gasteiger partial charge < -0.3 is 10.1 Å². The van der Waals surface area contributed by atoms with Crippen LogP contribution in [-0.2, 0) is 10.0 Å². The van der Waals surface area contributed by atoms with Crippen LogP contribution < -0.4 is 14.8 Å². The van der Waals surface area contributed by atoms with Crippen molar-refractivity contribution >= 4 is 27.1 Å². The summed E-state index contributed by atoms with van der Waals surface area (Å²) >= 11 is 0. The van der Waals surface area contributed by atoms with Gasteiger partial charge in [-0.2, -0.15) is 0 Å².